The first-order valence-electron chi connectivity index (χ1n) is 6.13. The average Bonchev–Trinajstić information content (AvgIpc) is 2.46. The van der Waals surface area contributed by atoms with Crippen LogP contribution in [0.25, 0.3) is 0 Å². The van der Waals surface area contributed by atoms with Crippen LogP contribution in [0, 0.1) is 5.82 Å². The van der Waals surface area contributed by atoms with E-state index < -0.39 is 0 Å². The Kier molecular flexibility index (Phi) is 4.52. The van der Waals surface area contributed by atoms with E-state index in [4.69, 9.17) is 11.6 Å². The van der Waals surface area contributed by atoms with Crippen LogP contribution in [0.1, 0.15) is 24.1 Å². The zero-order valence-electron chi connectivity index (χ0n) is 11.2. The molecular formula is C14H15ClFN3O. The van der Waals surface area contributed by atoms with E-state index in [0.717, 1.165) is 0 Å². The second-order valence-electron chi connectivity index (χ2n) is 4.43. The third-order valence-corrected chi connectivity index (χ3v) is 3.62. The molecular weight excluding hydrogens is 281 g/mol. The Morgan fingerprint density at radius 2 is 2.05 bits per heavy atom. The quantitative estimate of drug-likeness (QED) is 0.881. The summed E-state index contributed by atoms with van der Waals surface area (Å²) in [7, 11) is 1.77. The summed E-state index contributed by atoms with van der Waals surface area (Å²) in [6, 6.07) is 6.30. The number of hydrogen-bond acceptors (Lipinski definition) is 4. The van der Waals surface area contributed by atoms with Gasteiger partial charge in [0.1, 0.15) is 23.1 Å². The molecule has 1 unspecified atom stereocenters. The minimum atomic E-state index is -0.280. The van der Waals surface area contributed by atoms with Gasteiger partial charge in [-0.2, -0.15) is 0 Å². The van der Waals surface area contributed by atoms with Gasteiger partial charge < -0.3 is 10.0 Å². The fourth-order valence-corrected chi connectivity index (χ4v) is 2.22. The first kappa shape index (κ1) is 14.7. The zero-order chi connectivity index (χ0) is 14.7. The SMILES string of the molecule is CC(c1ccccc1F)N(C)c1ncnc(Cl)c1CO. The summed E-state index contributed by atoms with van der Waals surface area (Å²) in [6.45, 7) is 1.58. The lowest BCUT2D eigenvalue weighted by Gasteiger charge is -2.28. The van der Waals surface area contributed by atoms with Crippen LogP contribution >= 0.6 is 11.6 Å². The number of benzene rings is 1. The van der Waals surface area contributed by atoms with Crippen LogP contribution < -0.4 is 4.90 Å². The van der Waals surface area contributed by atoms with E-state index in [0.29, 0.717) is 16.9 Å². The Labute approximate surface area is 121 Å². The molecule has 0 bridgehead atoms. The van der Waals surface area contributed by atoms with Crippen molar-refractivity contribution in [2.45, 2.75) is 19.6 Å². The summed E-state index contributed by atoms with van der Waals surface area (Å²) >= 11 is 5.94. The van der Waals surface area contributed by atoms with E-state index in [1.54, 1.807) is 30.1 Å². The lowest BCUT2D eigenvalue weighted by molar-refractivity contribution is 0.281. The molecule has 1 aromatic heterocycles. The fraction of sp³-hybridized carbons (Fsp3) is 0.286. The van der Waals surface area contributed by atoms with Crippen LogP contribution in [-0.2, 0) is 6.61 Å². The molecule has 0 spiro atoms. The Morgan fingerprint density at radius 3 is 2.70 bits per heavy atom. The molecule has 2 aromatic rings. The molecule has 1 atom stereocenters. The van der Waals surface area contributed by atoms with Crippen LogP contribution in [0.4, 0.5) is 10.2 Å². The first-order valence-corrected chi connectivity index (χ1v) is 6.51. The van der Waals surface area contributed by atoms with Crippen molar-refractivity contribution in [3.8, 4) is 0 Å². The molecule has 0 amide bonds. The molecule has 2 rings (SSSR count). The van der Waals surface area contributed by atoms with E-state index >= 15 is 0 Å². The molecule has 6 heteroatoms. The zero-order valence-corrected chi connectivity index (χ0v) is 12.0. The maximum atomic E-state index is 13.8. The van der Waals surface area contributed by atoms with Gasteiger partial charge in [-0.3, -0.25) is 0 Å². The Balaban J connectivity index is 2.39. The van der Waals surface area contributed by atoms with E-state index in [9.17, 15) is 9.50 Å². The van der Waals surface area contributed by atoms with Crippen molar-refractivity contribution in [1.29, 1.82) is 0 Å². The Morgan fingerprint density at radius 1 is 1.35 bits per heavy atom. The molecule has 0 aliphatic rings. The van der Waals surface area contributed by atoms with Gasteiger partial charge >= 0.3 is 0 Å². The van der Waals surface area contributed by atoms with Crippen molar-refractivity contribution in [2.75, 3.05) is 11.9 Å². The van der Waals surface area contributed by atoms with Crippen molar-refractivity contribution in [1.82, 2.24) is 9.97 Å². The van der Waals surface area contributed by atoms with Crippen LogP contribution in [0.15, 0.2) is 30.6 Å². The van der Waals surface area contributed by atoms with Crippen LogP contribution in [0.5, 0.6) is 0 Å². The second kappa shape index (κ2) is 6.15. The maximum absolute atomic E-state index is 13.8. The Bertz CT molecular complexity index is 609. The highest BCUT2D eigenvalue weighted by atomic mass is 35.5. The van der Waals surface area contributed by atoms with Crippen molar-refractivity contribution in [3.63, 3.8) is 0 Å². The number of halogens is 2. The summed E-state index contributed by atoms with van der Waals surface area (Å²) in [5.41, 5.74) is 0.980. The van der Waals surface area contributed by atoms with Crippen molar-refractivity contribution in [3.05, 3.63) is 52.7 Å². The summed E-state index contributed by atoms with van der Waals surface area (Å²) < 4.78 is 13.8. The molecule has 0 saturated carbocycles. The van der Waals surface area contributed by atoms with E-state index in [2.05, 4.69) is 9.97 Å². The van der Waals surface area contributed by atoms with Gasteiger partial charge in [-0.15, -0.1) is 0 Å². The van der Waals surface area contributed by atoms with E-state index in [1.165, 1.54) is 12.4 Å². The molecule has 4 nitrogen and oxygen atoms in total. The fourth-order valence-electron chi connectivity index (χ4n) is 2.03. The summed E-state index contributed by atoms with van der Waals surface area (Å²) in [6.07, 6.45) is 1.32. The highest BCUT2D eigenvalue weighted by molar-refractivity contribution is 6.30. The molecule has 106 valence electrons. The summed E-state index contributed by atoms with van der Waals surface area (Å²) in [5, 5.41) is 9.59. The molecule has 0 aliphatic carbocycles. The van der Waals surface area contributed by atoms with Gasteiger partial charge in [-0.1, -0.05) is 29.8 Å². The number of aromatic nitrogens is 2. The molecule has 0 radical (unpaired) electrons. The van der Waals surface area contributed by atoms with Gasteiger partial charge in [-0.05, 0) is 13.0 Å². The number of aliphatic hydroxyl groups is 1. The number of rotatable bonds is 4. The van der Waals surface area contributed by atoms with Gasteiger partial charge in [0.05, 0.1) is 18.2 Å². The molecule has 0 aliphatic heterocycles. The lowest BCUT2D eigenvalue weighted by Crippen LogP contribution is -2.25. The normalized spacial score (nSPS) is 12.2. The van der Waals surface area contributed by atoms with Gasteiger partial charge in [0.2, 0.25) is 0 Å². The minimum Gasteiger partial charge on any atom is -0.391 e. The van der Waals surface area contributed by atoms with E-state index in [-0.39, 0.29) is 23.6 Å². The van der Waals surface area contributed by atoms with Crippen molar-refractivity contribution in [2.24, 2.45) is 0 Å². The minimum absolute atomic E-state index is 0.199. The third kappa shape index (κ3) is 2.73. The lowest BCUT2D eigenvalue weighted by atomic mass is 10.1. The highest BCUT2D eigenvalue weighted by Gasteiger charge is 2.20. The number of aliphatic hydroxyl groups excluding tert-OH is 1. The summed E-state index contributed by atoms with van der Waals surface area (Å²) in [5.74, 6) is 0.209. The molecule has 1 aromatic carbocycles. The predicted octanol–water partition coefficient (Wildman–Crippen LogP) is 2.96. The standard InChI is InChI=1S/C14H15ClFN3O/c1-9(10-5-3-4-6-12(10)16)19(2)14-11(7-20)13(15)17-8-18-14/h3-6,8-9,20H,7H2,1-2H3. The topological polar surface area (TPSA) is 49.2 Å². The molecule has 20 heavy (non-hydrogen) atoms. The highest BCUT2D eigenvalue weighted by Crippen LogP contribution is 2.30. The largest absolute Gasteiger partial charge is 0.391 e. The van der Waals surface area contributed by atoms with Crippen LogP contribution in [0.2, 0.25) is 5.15 Å². The van der Waals surface area contributed by atoms with Crippen LogP contribution in [0.3, 0.4) is 0 Å². The second-order valence-corrected chi connectivity index (χ2v) is 4.79. The van der Waals surface area contributed by atoms with Gasteiger partial charge in [-0.25, -0.2) is 14.4 Å². The Hall–Kier alpha value is -1.72. The smallest absolute Gasteiger partial charge is 0.140 e. The van der Waals surface area contributed by atoms with Crippen molar-refractivity contribution >= 4 is 17.4 Å². The first-order chi connectivity index (χ1) is 9.56. The molecule has 1 N–H and O–H groups in total. The van der Waals surface area contributed by atoms with Crippen molar-refractivity contribution < 1.29 is 9.50 Å². The van der Waals surface area contributed by atoms with E-state index in [1.807, 2.05) is 6.92 Å². The van der Waals surface area contributed by atoms with Gasteiger partial charge in [0.25, 0.3) is 0 Å². The summed E-state index contributed by atoms with van der Waals surface area (Å²) in [4.78, 5) is 9.73. The van der Waals surface area contributed by atoms with Gasteiger partial charge in [0, 0.05) is 12.6 Å². The van der Waals surface area contributed by atoms with Crippen LogP contribution in [-0.4, -0.2) is 22.1 Å². The van der Waals surface area contributed by atoms with Gasteiger partial charge in [0.15, 0.2) is 0 Å². The number of hydrogen-bond donors (Lipinski definition) is 1. The molecule has 1 heterocycles. The number of nitrogens with zero attached hydrogens (tertiary/aromatic N) is 3. The average molecular weight is 296 g/mol. The maximum Gasteiger partial charge on any atom is 0.140 e. The number of anilines is 1. The molecule has 0 saturated heterocycles. The monoisotopic (exact) mass is 295 g/mol. The predicted molar refractivity (Wildman–Crippen MR) is 76.2 cm³/mol. The molecule has 0 fully saturated rings. The third-order valence-electron chi connectivity index (χ3n) is 3.30.